The second kappa shape index (κ2) is 5.60. The summed E-state index contributed by atoms with van der Waals surface area (Å²) in [5.74, 6) is 0.726. The molecule has 0 atom stereocenters. The smallest absolute Gasteiger partial charge is 0.214 e. The first kappa shape index (κ1) is 11.8. The molecule has 5 nitrogen and oxygen atoms in total. The lowest BCUT2D eigenvalue weighted by Crippen LogP contribution is -2.05. The second-order valence-electron chi connectivity index (χ2n) is 3.45. The largest absolute Gasteiger partial charge is 0.327 e. The molecule has 2 N–H and O–H groups in total. The molecule has 1 heterocycles. The maximum absolute atomic E-state index is 5.49. The van der Waals surface area contributed by atoms with Crippen LogP contribution in [0.4, 0.5) is 0 Å². The Hall–Kier alpha value is -1.66. The molecule has 0 fully saturated rings. The number of hydrogen-bond acceptors (Lipinski definition) is 5. The van der Waals surface area contributed by atoms with E-state index in [0.717, 1.165) is 22.2 Å². The zero-order valence-electron chi connectivity index (χ0n) is 9.28. The number of nitrogens with zero attached hydrogens (tertiary/aromatic N) is 4. The summed E-state index contributed by atoms with van der Waals surface area (Å²) in [6, 6.07) is 9.77. The van der Waals surface area contributed by atoms with Crippen molar-refractivity contribution in [2.75, 3.05) is 12.3 Å². The molecule has 2 aromatic rings. The molecule has 0 aliphatic heterocycles. The summed E-state index contributed by atoms with van der Waals surface area (Å²) in [4.78, 5) is 0. The van der Waals surface area contributed by atoms with E-state index >= 15 is 0 Å². The average Bonchev–Trinajstić information content (AvgIpc) is 2.85. The van der Waals surface area contributed by atoms with Gasteiger partial charge in [-0.25, -0.2) is 0 Å². The predicted molar refractivity (Wildman–Crippen MR) is 68.1 cm³/mol. The van der Waals surface area contributed by atoms with Crippen LogP contribution < -0.4 is 5.73 Å². The van der Waals surface area contributed by atoms with Crippen LogP contribution in [0.1, 0.15) is 0 Å². The van der Waals surface area contributed by atoms with E-state index in [1.807, 2.05) is 30.3 Å². The molecule has 1 aromatic heterocycles. The van der Waals surface area contributed by atoms with Crippen LogP contribution >= 0.6 is 11.8 Å². The fourth-order valence-electron chi connectivity index (χ4n) is 1.23. The number of tetrazole rings is 1. The number of rotatable bonds is 5. The van der Waals surface area contributed by atoms with Crippen molar-refractivity contribution >= 4 is 11.8 Å². The number of hydrogen-bond donors (Lipinski definition) is 1. The van der Waals surface area contributed by atoms with Crippen molar-refractivity contribution in [3.63, 3.8) is 0 Å². The van der Waals surface area contributed by atoms with Crippen LogP contribution in [-0.2, 0) is 0 Å². The van der Waals surface area contributed by atoms with Gasteiger partial charge in [-0.15, -0.1) is 5.10 Å². The van der Waals surface area contributed by atoms with Gasteiger partial charge in [0.1, 0.15) is 0 Å². The molecule has 2 rings (SSSR count). The lowest BCUT2D eigenvalue weighted by Gasteiger charge is -2.04. The summed E-state index contributed by atoms with van der Waals surface area (Å²) >= 11 is 1.53. The first-order valence-corrected chi connectivity index (χ1v) is 6.13. The number of nitrogens with two attached hydrogens (primary N) is 1. The van der Waals surface area contributed by atoms with Crippen molar-refractivity contribution in [2.45, 2.75) is 5.16 Å². The van der Waals surface area contributed by atoms with E-state index in [1.54, 1.807) is 4.68 Å². The Morgan fingerprint density at radius 3 is 2.82 bits per heavy atom. The number of para-hydroxylation sites is 1. The summed E-state index contributed by atoms with van der Waals surface area (Å²) in [6.45, 7) is 4.34. The molecular formula is C11H13N5S. The topological polar surface area (TPSA) is 69.6 Å². The highest BCUT2D eigenvalue weighted by molar-refractivity contribution is 7.99. The molecule has 0 saturated carbocycles. The maximum Gasteiger partial charge on any atom is 0.214 e. The number of benzene rings is 1. The maximum atomic E-state index is 5.49. The normalized spacial score (nSPS) is 10.4. The quantitative estimate of drug-likeness (QED) is 0.636. The second-order valence-corrected chi connectivity index (χ2v) is 4.39. The van der Waals surface area contributed by atoms with Crippen LogP contribution in [0.15, 0.2) is 47.6 Å². The minimum atomic E-state index is 0.486. The van der Waals surface area contributed by atoms with E-state index < -0.39 is 0 Å². The zero-order valence-corrected chi connectivity index (χ0v) is 10.1. The lowest BCUT2D eigenvalue weighted by atomic mass is 10.3. The monoisotopic (exact) mass is 247 g/mol. The summed E-state index contributed by atoms with van der Waals surface area (Å²) in [5, 5.41) is 12.4. The molecule has 0 saturated heterocycles. The Morgan fingerprint density at radius 1 is 1.35 bits per heavy atom. The van der Waals surface area contributed by atoms with Crippen molar-refractivity contribution in [1.29, 1.82) is 0 Å². The van der Waals surface area contributed by atoms with Crippen molar-refractivity contribution in [2.24, 2.45) is 5.73 Å². The van der Waals surface area contributed by atoms with Gasteiger partial charge >= 0.3 is 0 Å². The van der Waals surface area contributed by atoms with Crippen molar-refractivity contribution in [3.05, 3.63) is 42.5 Å². The van der Waals surface area contributed by atoms with Gasteiger partial charge in [0.25, 0.3) is 0 Å². The Balaban J connectivity index is 2.15. The number of thioether (sulfide) groups is 1. The fraction of sp³-hybridized carbons (Fsp3) is 0.182. The van der Waals surface area contributed by atoms with Crippen molar-refractivity contribution in [1.82, 2.24) is 20.2 Å². The van der Waals surface area contributed by atoms with Gasteiger partial charge in [0.05, 0.1) is 5.69 Å². The summed E-state index contributed by atoms with van der Waals surface area (Å²) in [7, 11) is 0. The Morgan fingerprint density at radius 2 is 2.12 bits per heavy atom. The van der Waals surface area contributed by atoms with Crippen molar-refractivity contribution < 1.29 is 0 Å². The van der Waals surface area contributed by atoms with Crippen LogP contribution in [0.25, 0.3) is 5.69 Å². The van der Waals surface area contributed by atoms with Crippen LogP contribution in [0, 0.1) is 0 Å². The first-order chi connectivity index (χ1) is 8.31. The van der Waals surface area contributed by atoms with E-state index in [2.05, 4.69) is 22.1 Å². The lowest BCUT2D eigenvalue weighted by molar-refractivity contribution is 0.756. The molecule has 17 heavy (non-hydrogen) atoms. The van der Waals surface area contributed by atoms with Gasteiger partial charge in [0, 0.05) is 12.3 Å². The SMILES string of the molecule is C=C(CN)CSc1nnnn1-c1ccccc1. The van der Waals surface area contributed by atoms with Crippen molar-refractivity contribution in [3.8, 4) is 5.69 Å². The predicted octanol–water partition coefficient (Wildman–Crippen LogP) is 1.27. The van der Waals surface area contributed by atoms with E-state index in [9.17, 15) is 0 Å². The standard InChI is InChI=1S/C11H13N5S/c1-9(7-12)8-17-11-13-14-15-16(11)10-5-3-2-4-6-10/h2-6H,1,7-8,12H2. The highest BCUT2D eigenvalue weighted by Crippen LogP contribution is 2.19. The third-order valence-corrected chi connectivity index (χ3v) is 3.20. The van der Waals surface area contributed by atoms with Crippen LogP contribution in [0.5, 0.6) is 0 Å². The molecule has 0 spiro atoms. The first-order valence-electron chi connectivity index (χ1n) is 5.14. The Kier molecular flexibility index (Phi) is 3.89. The molecule has 0 aliphatic rings. The van der Waals surface area contributed by atoms with Gasteiger partial charge in [-0.3, -0.25) is 0 Å². The minimum Gasteiger partial charge on any atom is -0.327 e. The zero-order chi connectivity index (χ0) is 12.1. The van der Waals surface area contributed by atoms with Gasteiger partial charge in [-0.2, -0.15) is 4.68 Å². The molecule has 0 unspecified atom stereocenters. The third kappa shape index (κ3) is 2.92. The average molecular weight is 247 g/mol. The third-order valence-electron chi connectivity index (χ3n) is 2.14. The summed E-state index contributed by atoms with van der Waals surface area (Å²) in [6.07, 6.45) is 0. The van der Waals surface area contributed by atoms with E-state index in [-0.39, 0.29) is 0 Å². The number of aromatic nitrogens is 4. The minimum absolute atomic E-state index is 0.486. The van der Waals surface area contributed by atoms with Crippen LogP contribution in [0.3, 0.4) is 0 Å². The van der Waals surface area contributed by atoms with Gasteiger partial charge in [0.2, 0.25) is 5.16 Å². The molecule has 6 heteroatoms. The Bertz CT molecular complexity index is 494. The molecule has 0 radical (unpaired) electrons. The molecule has 0 amide bonds. The molecular weight excluding hydrogens is 234 g/mol. The van der Waals surface area contributed by atoms with E-state index in [4.69, 9.17) is 5.73 Å². The highest BCUT2D eigenvalue weighted by atomic mass is 32.2. The summed E-state index contributed by atoms with van der Waals surface area (Å²) in [5.41, 5.74) is 7.40. The Labute approximate surface area is 104 Å². The molecule has 1 aromatic carbocycles. The van der Waals surface area contributed by atoms with Gasteiger partial charge in [-0.05, 0) is 22.6 Å². The van der Waals surface area contributed by atoms with Gasteiger partial charge in [-0.1, -0.05) is 42.1 Å². The molecule has 0 aliphatic carbocycles. The van der Waals surface area contributed by atoms with Gasteiger partial charge < -0.3 is 5.73 Å². The highest BCUT2D eigenvalue weighted by Gasteiger charge is 2.08. The molecule has 88 valence electrons. The van der Waals surface area contributed by atoms with Crippen LogP contribution in [0.2, 0.25) is 0 Å². The van der Waals surface area contributed by atoms with Gasteiger partial charge in [0.15, 0.2) is 0 Å². The fourth-order valence-corrected chi connectivity index (χ4v) is 2.04. The van der Waals surface area contributed by atoms with E-state index in [0.29, 0.717) is 6.54 Å². The summed E-state index contributed by atoms with van der Waals surface area (Å²) < 4.78 is 1.70. The van der Waals surface area contributed by atoms with E-state index in [1.165, 1.54) is 11.8 Å². The van der Waals surface area contributed by atoms with Crippen LogP contribution in [-0.4, -0.2) is 32.5 Å². The molecule has 0 bridgehead atoms.